The van der Waals surface area contributed by atoms with E-state index in [9.17, 15) is 10.1 Å². The van der Waals surface area contributed by atoms with E-state index in [1.54, 1.807) is 18.3 Å². The van der Waals surface area contributed by atoms with Crippen molar-refractivity contribution in [2.45, 2.75) is 19.9 Å². The molecule has 6 nitrogen and oxygen atoms in total. The van der Waals surface area contributed by atoms with Gasteiger partial charge in [-0.05, 0) is 19.0 Å². The minimum atomic E-state index is -0.420. The van der Waals surface area contributed by atoms with Crippen molar-refractivity contribution in [3.63, 3.8) is 0 Å². The first-order chi connectivity index (χ1) is 9.70. The molecule has 2 aromatic rings. The lowest BCUT2D eigenvalue weighted by Crippen LogP contribution is -2.15. The van der Waals surface area contributed by atoms with Crippen molar-refractivity contribution in [1.29, 1.82) is 0 Å². The predicted octanol–water partition coefficient (Wildman–Crippen LogP) is 2.55. The van der Waals surface area contributed by atoms with Gasteiger partial charge in [0.05, 0.1) is 10.6 Å². The van der Waals surface area contributed by atoms with Crippen LogP contribution in [0.2, 0.25) is 0 Å². The molecule has 0 bridgehead atoms. The van der Waals surface area contributed by atoms with Crippen molar-refractivity contribution in [3.8, 4) is 11.4 Å². The van der Waals surface area contributed by atoms with E-state index in [0.717, 1.165) is 18.7 Å². The minimum Gasteiger partial charge on any atom is -0.311 e. The number of benzene rings is 1. The molecule has 2 rings (SSSR count). The first-order valence-electron chi connectivity index (χ1n) is 6.48. The van der Waals surface area contributed by atoms with Crippen molar-refractivity contribution in [2.24, 2.45) is 0 Å². The SMILES string of the molecule is CCCNCc1ccnc(-c2cccc([N+](=O)[O-])c2)n1. The Kier molecular flexibility index (Phi) is 4.73. The molecule has 0 amide bonds. The summed E-state index contributed by atoms with van der Waals surface area (Å²) in [4.78, 5) is 19.0. The number of nitro benzene ring substituents is 1. The van der Waals surface area contributed by atoms with Crippen LogP contribution in [0.5, 0.6) is 0 Å². The molecule has 1 heterocycles. The van der Waals surface area contributed by atoms with Gasteiger partial charge in [0.2, 0.25) is 0 Å². The standard InChI is InChI=1S/C14H16N4O2/c1-2-7-15-10-12-6-8-16-14(17-12)11-4-3-5-13(9-11)18(19)20/h3-6,8-9,15H,2,7,10H2,1H3. The summed E-state index contributed by atoms with van der Waals surface area (Å²) in [5, 5.41) is 14.0. The molecule has 20 heavy (non-hydrogen) atoms. The molecular weight excluding hydrogens is 256 g/mol. The number of nitrogens with one attached hydrogen (secondary N) is 1. The molecule has 0 aliphatic rings. The van der Waals surface area contributed by atoms with Crippen molar-refractivity contribution < 1.29 is 4.92 Å². The third-order valence-electron chi connectivity index (χ3n) is 2.76. The van der Waals surface area contributed by atoms with Gasteiger partial charge in [0.1, 0.15) is 0 Å². The van der Waals surface area contributed by atoms with Crippen molar-refractivity contribution >= 4 is 5.69 Å². The summed E-state index contributed by atoms with van der Waals surface area (Å²) in [5.74, 6) is 0.504. The Morgan fingerprint density at radius 1 is 1.35 bits per heavy atom. The van der Waals surface area contributed by atoms with Gasteiger partial charge in [-0.15, -0.1) is 0 Å². The summed E-state index contributed by atoms with van der Waals surface area (Å²) in [6, 6.07) is 8.18. The molecule has 0 atom stereocenters. The highest BCUT2D eigenvalue weighted by molar-refractivity contribution is 5.58. The zero-order chi connectivity index (χ0) is 14.4. The van der Waals surface area contributed by atoms with E-state index >= 15 is 0 Å². The summed E-state index contributed by atoms with van der Waals surface area (Å²) in [7, 11) is 0. The van der Waals surface area contributed by atoms with Gasteiger partial charge in [-0.3, -0.25) is 10.1 Å². The van der Waals surface area contributed by atoms with Crippen LogP contribution in [0.25, 0.3) is 11.4 Å². The molecule has 0 fully saturated rings. The van der Waals surface area contributed by atoms with Crippen molar-refractivity contribution in [2.75, 3.05) is 6.54 Å². The number of nitro groups is 1. The van der Waals surface area contributed by atoms with Gasteiger partial charge in [-0.25, -0.2) is 9.97 Å². The summed E-state index contributed by atoms with van der Waals surface area (Å²) >= 11 is 0. The Morgan fingerprint density at radius 2 is 2.20 bits per heavy atom. The van der Waals surface area contributed by atoms with E-state index in [-0.39, 0.29) is 5.69 Å². The van der Waals surface area contributed by atoms with Gasteiger partial charge in [0, 0.05) is 30.4 Å². The third-order valence-corrected chi connectivity index (χ3v) is 2.76. The lowest BCUT2D eigenvalue weighted by molar-refractivity contribution is -0.384. The Bertz CT molecular complexity index is 601. The van der Waals surface area contributed by atoms with Gasteiger partial charge in [-0.2, -0.15) is 0 Å². The fourth-order valence-electron chi connectivity index (χ4n) is 1.79. The Labute approximate surface area is 117 Å². The molecule has 1 aromatic heterocycles. The first kappa shape index (κ1) is 14.1. The van der Waals surface area contributed by atoms with Crippen LogP contribution in [0.3, 0.4) is 0 Å². The Hall–Kier alpha value is -2.34. The molecule has 0 radical (unpaired) electrons. The summed E-state index contributed by atoms with van der Waals surface area (Å²) in [6.45, 7) is 3.69. The second-order valence-electron chi connectivity index (χ2n) is 4.36. The van der Waals surface area contributed by atoms with Gasteiger partial charge < -0.3 is 5.32 Å². The maximum atomic E-state index is 10.8. The van der Waals surface area contributed by atoms with Crippen LogP contribution in [-0.2, 0) is 6.54 Å². The summed E-state index contributed by atoms with van der Waals surface area (Å²) in [6.07, 6.45) is 2.73. The molecular formula is C14H16N4O2. The van der Waals surface area contributed by atoms with Gasteiger partial charge in [0.15, 0.2) is 5.82 Å². The number of aromatic nitrogens is 2. The smallest absolute Gasteiger partial charge is 0.270 e. The lowest BCUT2D eigenvalue weighted by Gasteiger charge is -2.05. The third kappa shape index (κ3) is 3.58. The van der Waals surface area contributed by atoms with Crippen LogP contribution >= 0.6 is 0 Å². The number of hydrogen-bond acceptors (Lipinski definition) is 5. The number of hydrogen-bond donors (Lipinski definition) is 1. The summed E-state index contributed by atoms with van der Waals surface area (Å²) in [5.41, 5.74) is 1.56. The zero-order valence-electron chi connectivity index (χ0n) is 11.2. The molecule has 0 aliphatic heterocycles. The Balaban J connectivity index is 2.22. The molecule has 1 aromatic carbocycles. The Morgan fingerprint density at radius 3 is 2.95 bits per heavy atom. The molecule has 0 spiro atoms. The summed E-state index contributed by atoms with van der Waals surface area (Å²) < 4.78 is 0. The molecule has 0 saturated heterocycles. The van der Waals surface area contributed by atoms with Gasteiger partial charge in [-0.1, -0.05) is 19.1 Å². The minimum absolute atomic E-state index is 0.0422. The molecule has 0 unspecified atom stereocenters. The predicted molar refractivity (Wildman–Crippen MR) is 76.1 cm³/mol. The lowest BCUT2D eigenvalue weighted by atomic mass is 10.2. The van der Waals surface area contributed by atoms with Crippen LogP contribution in [0.4, 0.5) is 5.69 Å². The van der Waals surface area contributed by atoms with E-state index in [0.29, 0.717) is 17.9 Å². The van der Waals surface area contributed by atoms with Gasteiger partial charge >= 0.3 is 0 Å². The monoisotopic (exact) mass is 272 g/mol. The number of nitrogens with zero attached hydrogens (tertiary/aromatic N) is 3. The highest BCUT2D eigenvalue weighted by Gasteiger charge is 2.09. The average molecular weight is 272 g/mol. The quantitative estimate of drug-likeness (QED) is 0.496. The zero-order valence-corrected chi connectivity index (χ0v) is 11.2. The van der Waals surface area contributed by atoms with Crippen LogP contribution in [0.15, 0.2) is 36.5 Å². The van der Waals surface area contributed by atoms with Crippen LogP contribution in [0.1, 0.15) is 19.0 Å². The maximum absolute atomic E-state index is 10.8. The molecule has 0 saturated carbocycles. The van der Waals surface area contributed by atoms with Crippen molar-refractivity contribution in [1.82, 2.24) is 15.3 Å². The van der Waals surface area contributed by atoms with Crippen molar-refractivity contribution in [3.05, 3.63) is 52.3 Å². The van der Waals surface area contributed by atoms with E-state index in [2.05, 4.69) is 22.2 Å². The molecule has 6 heteroatoms. The average Bonchev–Trinajstić information content (AvgIpc) is 2.48. The molecule has 104 valence electrons. The highest BCUT2D eigenvalue weighted by Crippen LogP contribution is 2.20. The van der Waals surface area contributed by atoms with Crippen LogP contribution in [0, 0.1) is 10.1 Å². The molecule has 1 N–H and O–H groups in total. The maximum Gasteiger partial charge on any atom is 0.270 e. The van der Waals surface area contributed by atoms with Crippen LogP contribution in [-0.4, -0.2) is 21.4 Å². The van der Waals surface area contributed by atoms with E-state index in [1.807, 2.05) is 6.07 Å². The van der Waals surface area contributed by atoms with Gasteiger partial charge in [0.25, 0.3) is 5.69 Å². The fraction of sp³-hybridized carbons (Fsp3) is 0.286. The normalized spacial score (nSPS) is 10.4. The first-order valence-corrected chi connectivity index (χ1v) is 6.48. The van der Waals surface area contributed by atoms with E-state index in [4.69, 9.17) is 0 Å². The van der Waals surface area contributed by atoms with E-state index < -0.39 is 4.92 Å². The topological polar surface area (TPSA) is 81.0 Å². The number of non-ortho nitro benzene ring substituents is 1. The second kappa shape index (κ2) is 6.72. The fourth-order valence-corrected chi connectivity index (χ4v) is 1.79. The molecule has 0 aliphatic carbocycles. The number of rotatable bonds is 6. The van der Waals surface area contributed by atoms with Crippen LogP contribution < -0.4 is 5.32 Å². The van der Waals surface area contributed by atoms with E-state index in [1.165, 1.54) is 12.1 Å². The largest absolute Gasteiger partial charge is 0.311 e. The second-order valence-corrected chi connectivity index (χ2v) is 4.36. The highest BCUT2D eigenvalue weighted by atomic mass is 16.6.